The minimum Gasteiger partial charge on any atom is -0.310 e. The molecule has 0 aliphatic rings. The molecular weight excluding hydrogens is 256 g/mol. The van der Waals surface area contributed by atoms with Crippen LogP contribution in [0.5, 0.6) is 0 Å². The van der Waals surface area contributed by atoms with Crippen molar-refractivity contribution in [2.24, 2.45) is 0 Å². The molecule has 0 saturated carbocycles. The number of rotatable bonds is 5. The van der Waals surface area contributed by atoms with Gasteiger partial charge in [0.2, 0.25) is 0 Å². The van der Waals surface area contributed by atoms with E-state index < -0.39 is 11.6 Å². The molecule has 0 heterocycles. The molecule has 0 amide bonds. The predicted octanol–water partition coefficient (Wildman–Crippen LogP) is 4.17. The quantitative estimate of drug-likeness (QED) is 0.863. The Bertz CT molecular complexity index is 561. The first kappa shape index (κ1) is 14.7. The summed E-state index contributed by atoms with van der Waals surface area (Å²) in [6, 6.07) is 11.8. The lowest BCUT2D eigenvalue weighted by atomic mass is 9.95. The van der Waals surface area contributed by atoms with Gasteiger partial charge in [0.25, 0.3) is 0 Å². The zero-order valence-electron chi connectivity index (χ0n) is 11.8. The van der Waals surface area contributed by atoms with Gasteiger partial charge in [-0.25, -0.2) is 8.78 Å². The van der Waals surface area contributed by atoms with Gasteiger partial charge in [0, 0.05) is 12.1 Å². The van der Waals surface area contributed by atoms with Crippen molar-refractivity contribution < 1.29 is 8.78 Å². The smallest absolute Gasteiger partial charge is 0.126 e. The Hall–Kier alpha value is -1.74. The first-order valence-corrected chi connectivity index (χ1v) is 6.84. The zero-order chi connectivity index (χ0) is 14.5. The second kappa shape index (κ2) is 6.62. The summed E-state index contributed by atoms with van der Waals surface area (Å²) in [5.74, 6) is -1.06. The number of nitrogens with one attached hydrogen (secondary N) is 1. The largest absolute Gasteiger partial charge is 0.310 e. The van der Waals surface area contributed by atoms with Crippen molar-refractivity contribution in [3.05, 3.63) is 70.8 Å². The van der Waals surface area contributed by atoms with Crippen LogP contribution in [0.15, 0.2) is 42.5 Å². The first-order chi connectivity index (χ1) is 9.60. The number of halogens is 2. The van der Waals surface area contributed by atoms with Crippen LogP contribution in [0.25, 0.3) is 0 Å². The highest BCUT2D eigenvalue weighted by atomic mass is 19.1. The predicted molar refractivity (Wildman–Crippen MR) is 77.7 cm³/mol. The molecular formula is C17H19F2N. The maximum absolute atomic E-state index is 13.3. The summed E-state index contributed by atoms with van der Waals surface area (Å²) in [6.45, 7) is 4.88. The summed E-state index contributed by atoms with van der Waals surface area (Å²) in [7, 11) is 0. The molecule has 2 rings (SSSR count). The lowest BCUT2D eigenvalue weighted by Gasteiger charge is -2.20. The van der Waals surface area contributed by atoms with Gasteiger partial charge < -0.3 is 5.32 Å². The Morgan fingerprint density at radius 3 is 2.30 bits per heavy atom. The normalized spacial score (nSPS) is 12.4. The highest BCUT2D eigenvalue weighted by molar-refractivity contribution is 5.31. The number of aryl methyl sites for hydroxylation is 1. The van der Waals surface area contributed by atoms with Gasteiger partial charge in [0.05, 0.1) is 0 Å². The van der Waals surface area contributed by atoms with Crippen molar-refractivity contribution in [3.63, 3.8) is 0 Å². The Morgan fingerprint density at radius 2 is 1.70 bits per heavy atom. The molecule has 0 spiro atoms. The molecule has 1 nitrogen and oxygen atoms in total. The lowest BCUT2D eigenvalue weighted by molar-refractivity contribution is 0.537. The second-order valence-electron chi connectivity index (χ2n) is 4.95. The fourth-order valence-corrected chi connectivity index (χ4v) is 2.48. The van der Waals surface area contributed by atoms with E-state index >= 15 is 0 Å². The molecule has 0 bridgehead atoms. The molecule has 3 heteroatoms. The topological polar surface area (TPSA) is 12.0 Å². The molecule has 0 aliphatic carbocycles. The minimum atomic E-state index is -0.528. The Morgan fingerprint density at radius 1 is 1.05 bits per heavy atom. The van der Waals surface area contributed by atoms with Crippen LogP contribution in [0.1, 0.15) is 29.7 Å². The van der Waals surface area contributed by atoms with Crippen LogP contribution in [0.4, 0.5) is 8.78 Å². The minimum absolute atomic E-state index is 0.0578. The van der Waals surface area contributed by atoms with E-state index in [1.807, 2.05) is 32.0 Å². The first-order valence-electron chi connectivity index (χ1n) is 6.84. The van der Waals surface area contributed by atoms with E-state index in [0.29, 0.717) is 12.0 Å². The van der Waals surface area contributed by atoms with Gasteiger partial charge in [0.1, 0.15) is 11.6 Å². The molecule has 0 radical (unpaired) electrons. The van der Waals surface area contributed by atoms with Crippen LogP contribution in [0, 0.1) is 18.6 Å². The maximum Gasteiger partial charge on any atom is 0.126 e. The Balaban J connectivity index is 2.28. The highest BCUT2D eigenvalue weighted by Crippen LogP contribution is 2.22. The van der Waals surface area contributed by atoms with Crippen molar-refractivity contribution in [1.29, 1.82) is 0 Å². The third-order valence-corrected chi connectivity index (χ3v) is 3.38. The molecule has 1 unspecified atom stereocenters. The number of hydrogen-bond donors (Lipinski definition) is 1. The van der Waals surface area contributed by atoms with E-state index in [1.54, 1.807) is 0 Å². The van der Waals surface area contributed by atoms with Gasteiger partial charge in [-0.3, -0.25) is 0 Å². The molecule has 0 fully saturated rings. The van der Waals surface area contributed by atoms with Gasteiger partial charge >= 0.3 is 0 Å². The van der Waals surface area contributed by atoms with Gasteiger partial charge in [-0.15, -0.1) is 0 Å². The molecule has 2 aromatic carbocycles. The van der Waals surface area contributed by atoms with Gasteiger partial charge in [-0.05, 0) is 48.7 Å². The van der Waals surface area contributed by atoms with Gasteiger partial charge in [-0.2, -0.15) is 0 Å². The van der Waals surface area contributed by atoms with E-state index in [4.69, 9.17) is 0 Å². The molecule has 0 aromatic heterocycles. The lowest BCUT2D eigenvalue weighted by Crippen LogP contribution is -2.23. The van der Waals surface area contributed by atoms with Crippen molar-refractivity contribution >= 4 is 0 Å². The van der Waals surface area contributed by atoms with Crippen molar-refractivity contribution in [1.82, 2.24) is 5.32 Å². The molecule has 1 N–H and O–H groups in total. The summed E-state index contributed by atoms with van der Waals surface area (Å²) in [5.41, 5.74) is 3.01. The van der Waals surface area contributed by atoms with E-state index in [9.17, 15) is 8.78 Å². The van der Waals surface area contributed by atoms with Gasteiger partial charge in [0.15, 0.2) is 0 Å². The molecule has 20 heavy (non-hydrogen) atoms. The van der Waals surface area contributed by atoms with Crippen LogP contribution in [0.3, 0.4) is 0 Å². The summed E-state index contributed by atoms with van der Waals surface area (Å²) < 4.78 is 26.6. The van der Waals surface area contributed by atoms with E-state index in [-0.39, 0.29) is 6.04 Å². The summed E-state index contributed by atoms with van der Waals surface area (Å²) in [4.78, 5) is 0. The number of likely N-dealkylation sites (N-methyl/N-ethyl adjacent to an activating group) is 1. The summed E-state index contributed by atoms with van der Waals surface area (Å²) in [6.07, 6.45) is 0.563. The average molecular weight is 275 g/mol. The number of hydrogen-bond acceptors (Lipinski definition) is 1. The molecule has 1 atom stereocenters. The molecule has 2 aromatic rings. The Labute approximate surface area is 118 Å². The summed E-state index contributed by atoms with van der Waals surface area (Å²) >= 11 is 0. The third kappa shape index (κ3) is 3.64. The Kier molecular flexibility index (Phi) is 4.85. The highest BCUT2D eigenvalue weighted by Gasteiger charge is 2.14. The van der Waals surface area contributed by atoms with Crippen molar-refractivity contribution in [3.8, 4) is 0 Å². The SMILES string of the molecule is CCNC(Cc1cc(F)cc(F)c1)c1ccccc1C. The maximum atomic E-state index is 13.3. The fraction of sp³-hybridized carbons (Fsp3) is 0.294. The number of benzene rings is 2. The van der Waals surface area contributed by atoms with E-state index in [0.717, 1.165) is 12.6 Å². The average Bonchev–Trinajstić information content (AvgIpc) is 2.37. The fourth-order valence-electron chi connectivity index (χ4n) is 2.48. The van der Waals surface area contributed by atoms with Crippen LogP contribution >= 0.6 is 0 Å². The van der Waals surface area contributed by atoms with E-state index in [2.05, 4.69) is 11.4 Å². The molecule has 0 aliphatic heterocycles. The standard InChI is InChI=1S/C17H19F2N/c1-3-20-17(16-7-5-4-6-12(16)2)10-13-8-14(18)11-15(19)9-13/h4-9,11,17,20H,3,10H2,1-2H3. The van der Waals surface area contributed by atoms with Crippen LogP contribution in [-0.4, -0.2) is 6.54 Å². The van der Waals surface area contributed by atoms with Crippen LogP contribution in [0.2, 0.25) is 0 Å². The third-order valence-electron chi connectivity index (χ3n) is 3.38. The van der Waals surface area contributed by atoms with Crippen molar-refractivity contribution in [2.75, 3.05) is 6.54 Å². The van der Waals surface area contributed by atoms with Gasteiger partial charge in [-0.1, -0.05) is 31.2 Å². The second-order valence-corrected chi connectivity index (χ2v) is 4.95. The van der Waals surface area contributed by atoms with E-state index in [1.165, 1.54) is 23.3 Å². The van der Waals surface area contributed by atoms with Crippen molar-refractivity contribution in [2.45, 2.75) is 26.3 Å². The van der Waals surface area contributed by atoms with Crippen LogP contribution in [-0.2, 0) is 6.42 Å². The summed E-state index contributed by atoms with van der Waals surface area (Å²) in [5, 5.41) is 3.38. The molecule has 106 valence electrons. The van der Waals surface area contributed by atoms with Crippen LogP contribution < -0.4 is 5.32 Å². The zero-order valence-corrected chi connectivity index (χ0v) is 11.8. The monoisotopic (exact) mass is 275 g/mol. The molecule has 0 saturated heterocycles.